The smallest absolute Gasteiger partial charge is 0.0586 e. The Morgan fingerprint density at radius 1 is 1.27 bits per heavy atom. The van der Waals surface area contributed by atoms with Gasteiger partial charge < -0.3 is 10.0 Å². The molecule has 0 aromatic heterocycles. The maximum atomic E-state index is 9.39. The number of aliphatic hydroxyl groups excluding tert-OH is 1. The molecule has 3 fully saturated rings. The molecule has 15 heavy (non-hydrogen) atoms. The zero-order chi connectivity index (χ0) is 10.9. The molecule has 86 valence electrons. The van der Waals surface area contributed by atoms with Crippen molar-refractivity contribution < 1.29 is 5.11 Å². The second kappa shape index (κ2) is 2.60. The van der Waals surface area contributed by atoms with Crippen molar-refractivity contribution in [3.63, 3.8) is 0 Å². The molecule has 2 atom stereocenters. The van der Waals surface area contributed by atoms with E-state index in [1.54, 1.807) is 0 Å². The van der Waals surface area contributed by atoms with E-state index >= 15 is 0 Å². The number of likely N-dealkylation sites (N-methyl/N-ethyl adjacent to an activating group) is 1. The van der Waals surface area contributed by atoms with Gasteiger partial charge in [0, 0.05) is 12.6 Å². The third-order valence-corrected chi connectivity index (χ3v) is 6.39. The number of hydrogen-bond acceptors (Lipinski definition) is 2. The van der Waals surface area contributed by atoms with Crippen molar-refractivity contribution in [2.24, 2.45) is 16.2 Å². The summed E-state index contributed by atoms with van der Waals surface area (Å²) in [5.74, 6) is 0. The quantitative estimate of drug-likeness (QED) is 0.713. The van der Waals surface area contributed by atoms with Crippen molar-refractivity contribution in [2.45, 2.75) is 45.6 Å². The molecule has 1 saturated heterocycles. The van der Waals surface area contributed by atoms with E-state index in [0.29, 0.717) is 28.9 Å². The lowest BCUT2D eigenvalue weighted by molar-refractivity contribution is 0.181. The van der Waals surface area contributed by atoms with E-state index in [2.05, 4.69) is 25.8 Å². The van der Waals surface area contributed by atoms with Crippen LogP contribution in [0.1, 0.15) is 39.5 Å². The topological polar surface area (TPSA) is 23.5 Å². The van der Waals surface area contributed by atoms with Gasteiger partial charge >= 0.3 is 0 Å². The first-order chi connectivity index (χ1) is 7.01. The first kappa shape index (κ1) is 10.1. The van der Waals surface area contributed by atoms with E-state index in [-0.39, 0.29) is 0 Å². The summed E-state index contributed by atoms with van der Waals surface area (Å²) in [6, 6.07) is 0.421. The van der Waals surface area contributed by atoms with Crippen LogP contribution < -0.4 is 0 Å². The molecule has 2 heteroatoms. The standard InChI is InChI=1S/C13H23NO/c1-11(2)12(5-4-6-12)13(11)7-10(8-15)14(3)9-13/h10,15H,4-9H2,1-3H3/t10-,13+/m0/s1. The highest BCUT2D eigenvalue weighted by molar-refractivity contribution is 5.32. The van der Waals surface area contributed by atoms with E-state index in [4.69, 9.17) is 0 Å². The van der Waals surface area contributed by atoms with Crippen LogP contribution in [0.4, 0.5) is 0 Å². The lowest BCUT2D eigenvalue weighted by Crippen LogP contribution is -2.28. The molecule has 3 aliphatic rings. The van der Waals surface area contributed by atoms with Crippen molar-refractivity contribution in [1.82, 2.24) is 4.90 Å². The van der Waals surface area contributed by atoms with Gasteiger partial charge in [-0.1, -0.05) is 20.3 Å². The zero-order valence-corrected chi connectivity index (χ0v) is 10.2. The predicted molar refractivity (Wildman–Crippen MR) is 60.6 cm³/mol. The average molecular weight is 209 g/mol. The molecule has 2 nitrogen and oxygen atoms in total. The van der Waals surface area contributed by atoms with Crippen molar-refractivity contribution in [3.8, 4) is 0 Å². The monoisotopic (exact) mass is 209 g/mol. The van der Waals surface area contributed by atoms with Crippen LogP contribution in [0.5, 0.6) is 0 Å². The van der Waals surface area contributed by atoms with Crippen LogP contribution in [0.25, 0.3) is 0 Å². The average Bonchev–Trinajstić information content (AvgIpc) is 2.36. The Morgan fingerprint density at radius 2 is 1.93 bits per heavy atom. The summed E-state index contributed by atoms with van der Waals surface area (Å²) in [4.78, 5) is 2.38. The Labute approximate surface area is 92.7 Å². The second-order valence-electron chi connectivity index (χ2n) is 6.60. The maximum Gasteiger partial charge on any atom is 0.0586 e. The minimum Gasteiger partial charge on any atom is -0.395 e. The largest absolute Gasteiger partial charge is 0.395 e. The van der Waals surface area contributed by atoms with Gasteiger partial charge in [-0.15, -0.1) is 0 Å². The lowest BCUT2D eigenvalue weighted by atomic mass is 9.73. The van der Waals surface area contributed by atoms with E-state index < -0.39 is 0 Å². The molecule has 1 N–H and O–H groups in total. The van der Waals surface area contributed by atoms with E-state index in [0.717, 1.165) is 0 Å². The number of hydrogen-bond donors (Lipinski definition) is 1. The van der Waals surface area contributed by atoms with Crippen LogP contribution in [0.2, 0.25) is 0 Å². The summed E-state index contributed by atoms with van der Waals surface area (Å²) < 4.78 is 0. The summed E-state index contributed by atoms with van der Waals surface area (Å²) in [7, 11) is 2.18. The van der Waals surface area contributed by atoms with Gasteiger partial charge in [0.15, 0.2) is 0 Å². The molecular formula is C13H23NO. The number of rotatable bonds is 1. The summed E-state index contributed by atoms with van der Waals surface area (Å²) >= 11 is 0. The van der Waals surface area contributed by atoms with Crippen molar-refractivity contribution in [1.29, 1.82) is 0 Å². The molecule has 0 unspecified atom stereocenters. The van der Waals surface area contributed by atoms with Crippen LogP contribution in [0.15, 0.2) is 0 Å². The number of aliphatic hydroxyl groups is 1. The summed E-state index contributed by atoms with van der Waals surface area (Å²) in [5, 5.41) is 9.39. The molecule has 0 aromatic carbocycles. The molecule has 3 rings (SSSR count). The summed E-state index contributed by atoms with van der Waals surface area (Å²) in [6.45, 7) is 6.47. The van der Waals surface area contributed by atoms with Gasteiger partial charge in [-0.2, -0.15) is 0 Å². The minimum absolute atomic E-state index is 0.338. The third-order valence-electron chi connectivity index (χ3n) is 6.39. The van der Waals surface area contributed by atoms with Gasteiger partial charge in [-0.05, 0) is 42.6 Å². The van der Waals surface area contributed by atoms with Gasteiger partial charge in [-0.25, -0.2) is 0 Å². The molecular weight excluding hydrogens is 186 g/mol. The van der Waals surface area contributed by atoms with Crippen LogP contribution >= 0.6 is 0 Å². The Morgan fingerprint density at radius 3 is 2.27 bits per heavy atom. The van der Waals surface area contributed by atoms with Gasteiger partial charge in [0.2, 0.25) is 0 Å². The fourth-order valence-electron chi connectivity index (χ4n) is 5.07. The highest BCUT2D eigenvalue weighted by atomic mass is 16.3. The van der Waals surface area contributed by atoms with Gasteiger partial charge in [0.25, 0.3) is 0 Å². The fraction of sp³-hybridized carbons (Fsp3) is 1.00. The van der Waals surface area contributed by atoms with Crippen LogP contribution in [-0.4, -0.2) is 36.2 Å². The number of fused-ring (bicyclic) bond motifs is 1. The Hall–Kier alpha value is -0.0800. The van der Waals surface area contributed by atoms with Gasteiger partial charge in [-0.3, -0.25) is 0 Å². The Bertz CT molecular complexity index is 295. The molecule has 0 aromatic rings. The zero-order valence-electron chi connectivity index (χ0n) is 10.2. The number of likely N-dealkylation sites (tertiary alicyclic amines) is 1. The van der Waals surface area contributed by atoms with E-state index in [1.807, 2.05) is 0 Å². The SMILES string of the molecule is CN1C[C@]2(C[C@H]1CO)C(C)(C)C21CCC1. The first-order valence-electron chi connectivity index (χ1n) is 6.32. The highest BCUT2D eigenvalue weighted by Gasteiger charge is 2.84. The molecule has 0 amide bonds. The lowest BCUT2D eigenvalue weighted by Gasteiger charge is -2.32. The molecule has 0 radical (unpaired) electrons. The third kappa shape index (κ3) is 0.826. The molecule has 0 bridgehead atoms. The van der Waals surface area contributed by atoms with E-state index in [1.165, 1.54) is 32.2 Å². The van der Waals surface area contributed by atoms with E-state index in [9.17, 15) is 5.11 Å². The molecule has 1 heterocycles. The maximum absolute atomic E-state index is 9.39. The number of nitrogens with zero attached hydrogens (tertiary/aromatic N) is 1. The van der Waals surface area contributed by atoms with Crippen LogP contribution in [0.3, 0.4) is 0 Å². The van der Waals surface area contributed by atoms with Crippen molar-refractivity contribution >= 4 is 0 Å². The normalized spacial score (nSPS) is 46.0. The molecule has 2 spiro atoms. The fourth-order valence-corrected chi connectivity index (χ4v) is 5.07. The van der Waals surface area contributed by atoms with Crippen molar-refractivity contribution in [3.05, 3.63) is 0 Å². The highest BCUT2D eigenvalue weighted by Crippen LogP contribution is 2.88. The van der Waals surface area contributed by atoms with Gasteiger partial charge in [0.1, 0.15) is 0 Å². The Balaban J connectivity index is 1.89. The molecule has 2 aliphatic carbocycles. The van der Waals surface area contributed by atoms with Crippen LogP contribution in [0, 0.1) is 16.2 Å². The molecule has 1 aliphatic heterocycles. The minimum atomic E-state index is 0.338. The molecule has 2 saturated carbocycles. The Kier molecular flexibility index (Phi) is 1.75. The first-order valence-corrected chi connectivity index (χ1v) is 6.32. The predicted octanol–water partition coefficient (Wildman–Crippen LogP) is 1.88. The van der Waals surface area contributed by atoms with Gasteiger partial charge in [0.05, 0.1) is 6.61 Å². The van der Waals surface area contributed by atoms with Crippen molar-refractivity contribution in [2.75, 3.05) is 20.2 Å². The summed E-state index contributed by atoms with van der Waals surface area (Å²) in [5.41, 5.74) is 1.72. The van der Waals surface area contributed by atoms with Crippen LogP contribution in [-0.2, 0) is 0 Å². The summed E-state index contributed by atoms with van der Waals surface area (Å²) in [6.07, 6.45) is 5.53. The second-order valence-corrected chi connectivity index (χ2v) is 6.60.